The van der Waals surface area contributed by atoms with E-state index in [4.69, 9.17) is 4.52 Å². The zero-order valence-corrected chi connectivity index (χ0v) is 11.0. The van der Waals surface area contributed by atoms with Gasteiger partial charge >= 0.3 is 5.69 Å². The van der Waals surface area contributed by atoms with Crippen molar-refractivity contribution in [3.05, 3.63) is 55.9 Å². The maximum Gasteiger partial charge on any atom is 0.338 e. The van der Waals surface area contributed by atoms with Gasteiger partial charge in [-0.05, 0) is 30.7 Å². The van der Waals surface area contributed by atoms with Crippen LogP contribution in [0, 0.1) is 17.0 Å². The van der Waals surface area contributed by atoms with Crippen molar-refractivity contribution >= 4 is 33.8 Å². The highest BCUT2D eigenvalue weighted by atomic mass is 79.9. The summed E-state index contributed by atoms with van der Waals surface area (Å²) in [5.74, 6) is 0.150. The molecule has 6 heteroatoms. The van der Waals surface area contributed by atoms with E-state index in [1.807, 2.05) is 24.3 Å². The molecule has 1 heterocycles. The molecule has 0 N–H and O–H groups in total. The Kier molecular flexibility index (Phi) is 3.57. The van der Waals surface area contributed by atoms with Gasteiger partial charge in [0.15, 0.2) is 5.69 Å². The van der Waals surface area contributed by atoms with Gasteiger partial charge in [0.2, 0.25) is 5.76 Å². The normalized spacial score (nSPS) is 11.0. The minimum absolute atomic E-state index is 0.0961. The van der Waals surface area contributed by atoms with E-state index in [0.717, 1.165) is 10.0 Å². The van der Waals surface area contributed by atoms with Gasteiger partial charge in [0.1, 0.15) is 0 Å². The second kappa shape index (κ2) is 5.14. The molecule has 2 aromatic rings. The fraction of sp³-hybridized carbons (Fsp3) is 0.0833. The van der Waals surface area contributed by atoms with Gasteiger partial charge in [0, 0.05) is 4.47 Å². The minimum Gasteiger partial charge on any atom is -0.349 e. The van der Waals surface area contributed by atoms with Crippen LogP contribution in [-0.2, 0) is 0 Å². The SMILES string of the molecule is Cc1noc(/C=C\c2cccc(Br)c2)c1[N+](=O)[O-]. The molecule has 0 aliphatic heterocycles. The maximum absolute atomic E-state index is 10.8. The van der Waals surface area contributed by atoms with Crippen molar-refractivity contribution in [3.8, 4) is 0 Å². The van der Waals surface area contributed by atoms with Gasteiger partial charge in [-0.2, -0.15) is 0 Å². The molecule has 0 aliphatic rings. The highest BCUT2D eigenvalue weighted by Crippen LogP contribution is 2.24. The Morgan fingerprint density at radius 3 is 2.89 bits per heavy atom. The molecule has 0 saturated carbocycles. The molecule has 0 radical (unpaired) electrons. The van der Waals surface area contributed by atoms with Crippen molar-refractivity contribution < 1.29 is 9.45 Å². The van der Waals surface area contributed by atoms with Gasteiger partial charge in [-0.15, -0.1) is 0 Å². The zero-order valence-electron chi connectivity index (χ0n) is 9.46. The molecule has 0 amide bonds. The molecule has 0 atom stereocenters. The number of halogens is 1. The quantitative estimate of drug-likeness (QED) is 0.638. The lowest BCUT2D eigenvalue weighted by Crippen LogP contribution is -1.90. The standard InChI is InChI=1S/C12H9BrN2O3/c1-8-12(15(16)17)11(18-14-8)6-5-9-3-2-4-10(13)7-9/h2-7H,1H3/b6-5-. The van der Waals surface area contributed by atoms with E-state index in [1.54, 1.807) is 12.2 Å². The van der Waals surface area contributed by atoms with Crippen LogP contribution >= 0.6 is 15.9 Å². The third kappa shape index (κ3) is 2.65. The van der Waals surface area contributed by atoms with Gasteiger partial charge in [-0.1, -0.05) is 39.3 Å². The summed E-state index contributed by atoms with van der Waals surface area (Å²) in [5.41, 5.74) is 1.09. The molecule has 0 saturated heterocycles. The maximum atomic E-state index is 10.8. The van der Waals surface area contributed by atoms with Crippen molar-refractivity contribution in [2.45, 2.75) is 6.92 Å². The molecule has 0 aliphatic carbocycles. The average Bonchev–Trinajstić information content (AvgIpc) is 2.68. The van der Waals surface area contributed by atoms with Gasteiger partial charge in [-0.3, -0.25) is 10.1 Å². The molecule has 0 bridgehead atoms. The molecule has 2 rings (SSSR count). The van der Waals surface area contributed by atoms with Crippen molar-refractivity contribution in [1.82, 2.24) is 5.16 Å². The van der Waals surface area contributed by atoms with Crippen LogP contribution in [0.25, 0.3) is 12.2 Å². The molecule has 1 aromatic heterocycles. The molecular formula is C12H9BrN2O3. The highest BCUT2D eigenvalue weighted by Gasteiger charge is 2.21. The topological polar surface area (TPSA) is 69.2 Å². The third-order valence-corrected chi connectivity index (χ3v) is 2.81. The summed E-state index contributed by atoms with van der Waals surface area (Å²) in [6, 6.07) is 7.56. The van der Waals surface area contributed by atoms with Crippen molar-refractivity contribution in [2.24, 2.45) is 0 Å². The number of hydrogen-bond donors (Lipinski definition) is 0. The van der Waals surface area contributed by atoms with Crippen LogP contribution in [0.3, 0.4) is 0 Å². The Morgan fingerprint density at radius 2 is 2.22 bits per heavy atom. The third-order valence-electron chi connectivity index (χ3n) is 2.32. The Bertz CT molecular complexity index is 620. The number of aromatic nitrogens is 1. The lowest BCUT2D eigenvalue weighted by atomic mass is 10.2. The van der Waals surface area contributed by atoms with Crippen LogP contribution in [0.1, 0.15) is 17.0 Å². The summed E-state index contributed by atoms with van der Waals surface area (Å²) in [6.07, 6.45) is 3.28. The number of hydrogen-bond acceptors (Lipinski definition) is 4. The smallest absolute Gasteiger partial charge is 0.338 e. The molecule has 0 fully saturated rings. The van der Waals surface area contributed by atoms with E-state index in [9.17, 15) is 10.1 Å². The summed E-state index contributed by atoms with van der Waals surface area (Å²) in [4.78, 5) is 10.3. The highest BCUT2D eigenvalue weighted by molar-refractivity contribution is 9.10. The first-order chi connectivity index (χ1) is 8.58. The predicted octanol–water partition coefficient (Wildman–Crippen LogP) is 3.82. The van der Waals surface area contributed by atoms with E-state index in [1.165, 1.54) is 6.92 Å². The fourth-order valence-corrected chi connectivity index (χ4v) is 1.91. The summed E-state index contributed by atoms with van der Waals surface area (Å²) < 4.78 is 5.86. The molecule has 92 valence electrons. The summed E-state index contributed by atoms with van der Waals surface area (Å²) in [5, 5.41) is 14.4. The molecule has 1 aromatic carbocycles. The molecule has 18 heavy (non-hydrogen) atoms. The second-order valence-corrected chi connectivity index (χ2v) is 4.54. The van der Waals surface area contributed by atoms with Crippen LogP contribution in [0.4, 0.5) is 5.69 Å². The number of nitro groups is 1. The molecule has 5 nitrogen and oxygen atoms in total. The number of benzene rings is 1. The second-order valence-electron chi connectivity index (χ2n) is 3.63. The van der Waals surface area contributed by atoms with Crippen molar-refractivity contribution in [3.63, 3.8) is 0 Å². The van der Waals surface area contributed by atoms with Gasteiger partial charge < -0.3 is 4.52 Å². The van der Waals surface area contributed by atoms with E-state index >= 15 is 0 Å². The summed E-state index contributed by atoms with van der Waals surface area (Å²) in [6.45, 7) is 1.54. The Balaban J connectivity index is 2.32. The first-order valence-corrected chi connectivity index (χ1v) is 5.91. The van der Waals surface area contributed by atoms with Crippen LogP contribution < -0.4 is 0 Å². The monoisotopic (exact) mass is 308 g/mol. The van der Waals surface area contributed by atoms with Crippen LogP contribution in [-0.4, -0.2) is 10.1 Å². The lowest BCUT2D eigenvalue weighted by molar-refractivity contribution is -0.386. The van der Waals surface area contributed by atoms with E-state index in [0.29, 0.717) is 0 Å². The molecule has 0 spiro atoms. The minimum atomic E-state index is -0.494. The number of nitrogens with zero attached hydrogens (tertiary/aromatic N) is 2. The number of aryl methyl sites for hydroxylation is 1. The van der Waals surface area contributed by atoms with Crippen molar-refractivity contribution in [2.75, 3.05) is 0 Å². The first kappa shape index (κ1) is 12.5. The largest absolute Gasteiger partial charge is 0.349 e. The Labute approximate surface area is 111 Å². The summed E-state index contributed by atoms with van der Waals surface area (Å²) >= 11 is 3.35. The Morgan fingerprint density at radius 1 is 1.44 bits per heavy atom. The average molecular weight is 309 g/mol. The van der Waals surface area contributed by atoms with Gasteiger partial charge in [-0.25, -0.2) is 0 Å². The first-order valence-electron chi connectivity index (χ1n) is 5.12. The summed E-state index contributed by atoms with van der Waals surface area (Å²) in [7, 11) is 0. The van der Waals surface area contributed by atoms with E-state index in [2.05, 4.69) is 21.1 Å². The van der Waals surface area contributed by atoms with Crippen LogP contribution in [0.2, 0.25) is 0 Å². The lowest BCUT2D eigenvalue weighted by Gasteiger charge is -1.93. The number of rotatable bonds is 3. The Hall–Kier alpha value is -1.95. The van der Waals surface area contributed by atoms with Gasteiger partial charge in [0.05, 0.1) is 4.92 Å². The van der Waals surface area contributed by atoms with Crippen LogP contribution in [0.15, 0.2) is 33.3 Å². The van der Waals surface area contributed by atoms with Crippen LogP contribution in [0.5, 0.6) is 0 Å². The predicted molar refractivity (Wildman–Crippen MR) is 71.0 cm³/mol. The zero-order chi connectivity index (χ0) is 13.1. The fourth-order valence-electron chi connectivity index (χ4n) is 1.50. The molecule has 0 unspecified atom stereocenters. The van der Waals surface area contributed by atoms with Crippen molar-refractivity contribution in [1.29, 1.82) is 0 Å². The van der Waals surface area contributed by atoms with Gasteiger partial charge in [0.25, 0.3) is 0 Å². The van der Waals surface area contributed by atoms with E-state index < -0.39 is 4.92 Å². The van der Waals surface area contributed by atoms with E-state index in [-0.39, 0.29) is 17.1 Å². The molecular weight excluding hydrogens is 300 g/mol.